The minimum Gasteiger partial charge on any atom is -0.479 e. The molecule has 1 amide bonds. The van der Waals surface area contributed by atoms with Gasteiger partial charge in [0.15, 0.2) is 11.9 Å². The zero-order chi connectivity index (χ0) is 25.4. The highest BCUT2D eigenvalue weighted by Crippen LogP contribution is 2.43. The molecule has 7 nitrogen and oxygen atoms in total. The van der Waals surface area contributed by atoms with Gasteiger partial charge in [0, 0.05) is 13.0 Å². The summed E-state index contributed by atoms with van der Waals surface area (Å²) in [4.78, 5) is 18.6. The molecule has 35 heavy (non-hydrogen) atoms. The van der Waals surface area contributed by atoms with Gasteiger partial charge >= 0.3 is 12.3 Å². The zero-order valence-electron chi connectivity index (χ0n) is 18.9. The fourth-order valence-corrected chi connectivity index (χ4v) is 4.22. The molecule has 3 unspecified atom stereocenters. The number of aromatic nitrogens is 1. The molecule has 3 atom stereocenters. The molecule has 0 bridgehead atoms. The van der Waals surface area contributed by atoms with Crippen LogP contribution in [0, 0.1) is 5.82 Å². The van der Waals surface area contributed by atoms with Crippen molar-refractivity contribution in [2.24, 2.45) is 0 Å². The van der Waals surface area contributed by atoms with Crippen molar-refractivity contribution >= 4 is 5.91 Å². The molecule has 2 saturated heterocycles. The Labute approximate surface area is 197 Å². The number of likely N-dealkylation sites (tertiary alicyclic amines) is 1. The van der Waals surface area contributed by atoms with Gasteiger partial charge in [0.25, 0.3) is 11.8 Å². The number of piperidine rings is 1. The molecule has 1 aromatic heterocycles. The number of hydrogen-bond acceptors (Lipinski definition) is 6. The van der Waals surface area contributed by atoms with Crippen LogP contribution in [0.2, 0.25) is 0 Å². The lowest BCUT2D eigenvalue weighted by Gasteiger charge is -2.41. The summed E-state index contributed by atoms with van der Waals surface area (Å²) in [5.74, 6) is -5.93. The van der Waals surface area contributed by atoms with Gasteiger partial charge in [-0.25, -0.2) is 18.2 Å². The summed E-state index contributed by atoms with van der Waals surface area (Å²) in [6.07, 6.45) is -6.30. The summed E-state index contributed by atoms with van der Waals surface area (Å²) < 4.78 is 87.7. The number of methoxy groups -OCH3 is 1. The van der Waals surface area contributed by atoms with Gasteiger partial charge in [0.1, 0.15) is 30.0 Å². The molecule has 4 rings (SSSR count). The molecule has 2 aliphatic rings. The van der Waals surface area contributed by atoms with Crippen LogP contribution in [0.1, 0.15) is 29.4 Å². The Morgan fingerprint density at radius 2 is 2.06 bits per heavy atom. The summed E-state index contributed by atoms with van der Waals surface area (Å²) in [6, 6.07) is 8.41. The Morgan fingerprint density at radius 3 is 2.74 bits per heavy atom. The Hall–Kier alpha value is -2.99. The molecule has 0 N–H and O–H groups in total. The van der Waals surface area contributed by atoms with Crippen LogP contribution in [0.3, 0.4) is 0 Å². The number of alkyl halides is 4. The Kier molecular flexibility index (Phi) is 6.87. The fraction of sp³-hybridized carbons (Fsp3) is 0.478. The standard InChI is InChI=1S/C23H23F5N2O5/c1-13(23(27,28)21(25)26)35-17-7-6-16(29-19(17)32-2)20(31)30-9-8-22(18(11-30)33-12-34-22)14-4-3-5-15(24)10-14/h3-7,10,13,18,21H,8-9,11-12H2,1-2H3. The van der Waals surface area contributed by atoms with Crippen molar-refractivity contribution in [3.63, 3.8) is 0 Å². The van der Waals surface area contributed by atoms with Crippen molar-refractivity contribution in [3.05, 3.63) is 53.5 Å². The molecule has 3 heterocycles. The highest BCUT2D eigenvalue weighted by molar-refractivity contribution is 5.92. The monoisotopic (exact) mass is 502 g/mol. The minimum atomic E-state index is -4.40. The van der Waals surface area contributed by atoms with Crippen molar-refractivity contribution in [2.45, 2.75) is 43.5 Å². The zero-order valence-corrected chi connectivity index (χ0v) is 18.9. The predicted molar refractivity (Wildman–Crippen MR) is 111 cm³/mol. The highest BCUT2D eigenvalue weighted by atomic mass is 19.3. The van der Waals surface area contributed by atoms with Crippen molar-refractivity contribution in [2.75, 3.05) is 27.0 Å². The van der Waals surface area contributed by atoms with E-state index in [1.807, 2.05) is 0 Å². The first-order valence-electron chi connectivity index (χ1n) is 10.8. The molecule has 2 aliphatic heterocycles. The molecule has 2 aromatic rings. The number of rotatable bonds is 7. The SMILES string of the molecule is COc1nc(C(=O)N2CCC3(c4cccc(F)c4)OCOC3C2)ccc1OC(C)C(F)(F)C(F)F. The fourth-order valence-electron chi connectivity index (χ4n) is 4.22. The van der Waals surface area contributed by atoms with E-state index in [1.54, 1.807) is 12.1 Å². The van der Waals surface area contributed by atoms with E-state index in [4.69, 9.17) is 18.9 Å². The summed E-state index contributed by atoms with van der Waals surface area (Å²) >= 11 is 0. The van der Waals surface area contributed by atoms with Gasteiger partial charge in [-0.2, -0.15) is 8.78 Å². The van der Waals surface area contributed by atoms with E-state index in [0.717, 1.165) is 13.0 Å². The average molecular weight is 502 g/mol. The van der Waals surface area contributed by atoms with Gasteiger partial charge in [0.2, 0.25) is 0 Å². The van der Waals surface area contributed by atoms with Gasteiger partial charge in [-0.15, -0.1) is 0 Å². The largest absolute Gasteiger partial charge is 0.479 e. The van der Waals surface area contributed by atoms with E-state index >= 15 is 0 Å². The number of nitrogens with zero attached hydrogens (tertiary/aromatic N) is 2. The minimum absolute atomic E-state index is 0.0112. The van der Waals surface area contributed by atoms with Gasteiger partial charge in [0.05, 0.1) is 13.7 Å². The Balaban J connectivity index is 1.50. The molecule has 0 radical (unpaired) electrons. The molecule has 0 aliphatic carbocycles. The molecule has 0 spiro atoms. The number of ether oxygens (including phenoxy) is 4. The van der Waals surface area contributed by atoms with Crippen LogP contribution in [-0.4, -0.2) is 67.3 Å². The predicted octanol–water partition coefficient (Wildman–Crippen LogP) is 4.01. The third kappa shape index (κ3) is 4.64. The summed E-state index contributed by atoms with van der Waals surface area (Å²) in [6.45, 7) is 1.17. The highest BCUT2D eigenvalue weighted by Gasteiger charge is 2.51. The van der Waals surface area contributed by atoms with Gasteiger partial charge < -0.3 is 23.8 Å². The molecule has 2 fully saturated rings. The maximum atomic E-state index is 13.8. The third-order valence-electron chi connectivity index (χ3n) is 6.22. The Bertz CT molecular complexity index is 1090. The maximum absolute atomic E-state index is 13.8. The lowest BCUT2D eigenvalue weighted by Crippen LogP contribution is -2.53. The molecule has 190 valence electrons. The molecule has 1 aromatic carbocycles. The topological polar surface area (TPSA) is 70.1 Å². The Morgan fingerprint density at radius 1 is 1.29 bits per heavy atom. The van der Waals surface area contributed by atoms with Crippen LogP contribution in [0.25, 0.3) is 0 Å². The second-order valence-corrected chi connectivity index (χ2v) is 8.26. The van der Waals surface area contributed by atoms with Crippen LogP contribution >= 0.6 is 0 Å². The smallest absolute Gasteiger partial charge is 0.342 e. The first kappa shape index (κ1) is 25.1. The van der Waals surface area contributed by atoms with Crippen LogP contribution in [0.4, 0.5) is 22.0 Å². The van der Waals surface area contributed by atoms with Crippen LogP contribution in [0.15, 0.2) is 36.4 Å². The van der Waals surface area contributed by atoms with E-state index in [0.29, 0.717) is 12.0 Å². The van der Waals surface area contributed by atoms with Crippen LogP contribution < -0.4 is 9.47 Å². The van der Waals surface area contributed by atoms with Gasteiger partial charge in [-0.05, 0) is 36.8 Å². The number of hydrogen-bond donors (Lipinski definition) is 0. The summed E-state index contributed by atoms with van der Waals surface area (Å²) in [7, 11) is 1.18. The molecule has 12 heteroatoms. The van der Waals surface area contributed by atoms with Crippen molar-refractivity contribution in [3.8, 4) is 11.6 Å². The van der Waals surface area contributed by atoms with Crippen LogP contribution in [-0.2, 0) is 15.1 Å². The lowest BCUT2D eigenvalue weighted by molar-refractivity contribution is -0.178. The van der Waals surface area contributed by atoms with Gasteiger partial charge in [-0.3, -0.25) is 4.79 Å². The first-order valence-corrected chi connectivity index (χ1v) is 10.8. The van der Waals surface area contributed by atoms with E-state index in [-0.39, 0.29) is 37.2 Å². The second kappa shape index (κ2) is 9.57. The quantitative estimate of drug-likeness (QED) is 0.533. The van der Waals surface area contributed by atoms with E-state index in [2.05, 4.69) is 4.98 Å². The normalized spacial score (nSPS) is 23.2. The summed E-state index contributed by atoms with van der Waals surface area (Å²) in [5, 5.41) is 0. The molecule has 0 saturated carbocycles. The van der Waals surface area contributed by atoms with E-state index < -0.39 is 41.9 Å². The van der Waals surface area contributed by atoms with Gasteiger partial charge in [-0.1, -0.05) is 12.1 Å². The second-order valence-electron chi connectivity index (χ2n) is 8.26. The summed E-state index contributed by atoms with van der Waals surface area (Å²) in [5.41, 5.74) is -0.351. The number of carbonyl (C=O) groups is 1. The lowest BCUT2D eigenvalue weighted by atomic mass is 9.82. The van der Waals surface area contributed by atoms with Crippen molar-refractivity contribution < 1.29 is 45.7 Å². The average Bonchev–Trinajstić information content (AvgIpc) is 3.28. The number of fused-ring (bicyclic) bond motifs is 1. The van der Waals surface area contributed by atoms with Crippen molar-refractivity contribution in [1.29, 1.82) is 0 Å². The number of halogens is 5. The first-order chi connectivity index (χ1) is 16.6. The van der Waals surface area contributed by atoms with E-state index in [9.17, 15) is 26.7 Å². The third-order valence-corrected chi connectivity index (χ3v) is 6.22. The van der Waals surface area contributed by atoms with E-state index in [1.165, 1.54) is 30.2 Å². The van der Waals surface area contributed by atoms with Crippen LogP contribution in [0.5, 0.6) is 11.6 Å². The number of benzene rings is 1. The maximum Gasteiger partial charge on any atom is 0.342 e. The number of pyridine rings is 1. The molecular formula is C23H23F5N2O5. The number of carbonyl (C=O) groups excluding carboxylic acids is 1. The molecular weight excluding hydrogens is 479 g/mol. The van der Waals surface area contributed by atoms with Crippen molar-refractivity contribution in [1.82, 2.24) is 9.88 Å². The number of amides is 1.